The number of aliphatic hydroxyl groups excluding tert-OH is 1. The van der Waals surface area contributed by atoms with Crippen molar-refractivity contribution in [3.8, 4) is 5.75 Å². The minimum atomic E-state index is -4.26. The number of alkyl halides is 1. The maximum absolute atomic E-state index is 15.5. The highest BCUT2D eigenvalue weighted by Gasteiger charge is 2.57. The molecule has 6 atom stereocenters. The molecule has 0 unspecified atom stereocenters. The molecule has 0 aliphatic carbocycles. The second-order valence-corrected chi connectivity index (χ2v) is 10.8. The van der Waals surface area contributed by atoms with Crippen molar-refractivity contribution in [1.29, 1.82) is 0 Å². The van der Waals surface area contributed by atoms with E-state index in [0.717, 1.165) is 11.8 Å². The lowest BCUT2D eigenvalue weighted by Crippen LogP contribution is -2.51. The maximum Gasteiger partial charge on any atom is 0.459 e. The average molecular weight is 526 g/mol. The van der Waals surface area contributed by atoms with Crippen molar-refractivity contribution in [2.75, 3.05) is 6.61 Å². The smallest absolute Gasteiger partial charge is 0.459 e. The van der Waals surface area contributed by atoms with Crippen LogP contribution in [0, 0.1) is 0 Å². The molecule has 0 radical (unpaired) electrons. The van der Waals surface area contributed by atoms with Gasteiger partial charge in [-0.05, 0) is 51.5 Å². The van der Waals surface area contributed by atoms with Crippen LogP contribution in [0.3, 0.4) is 0 Å². The van der Waals surface area contributed by atoms with Gasteiger partial charge in [0.2, 0.25) is 5.91 Å². The van der Waals surface area contributed by atoms with Crippen LogP contribution in [0.1, 0.15) is 34.1 Å². The number of nitrogens with zero attached hydrogens (tertiary/aromatic N) is 1. The first-order valence-corrected chi connectivity index (χ1v) is 13.0. The lowest BCUT2D eigenvalue weighted by atomic mass is 9.97. The summed E-state index contributed by atoms with van der Waals surface area (Å²) >= 11 is 0. The Balaban J connectivity index is 1.76. The number of aliphatic hydroxyl groups is 1. The topological polar surface area (TPSA) is 124 Å². The molecule has 1 amide bonds. The molecule has 12 heteroatoms. The zero-order chi connectivity index (χ0) is 26.7. The van der Waals surface area contributed by atoms with Gasteiger partial charge in [-0.2, -0.15) is 5.09 Å². The van der Waals surface area contributed by atoms with Crippen molar-refractivity contribution in [2.24, 2.45) is 0 Å². The molecule has 36 heavy (non-hydrogen) atoms. The molecule has 0 bridgehead atoms. The number of carbonyl (C=O) groups excluding carboxylic acids is 2. The molecule has 0 saturated carbocycles. The van der Waals surface area contributed by atoms with Crippen molar-refractivity contribution >= 4 is 19.6 Å². The van der Waals surface area contributed by atoms with E-state index in [1.54, 1.807) is 38.1 Å². The summed E-state index contributed by atoms with van der Waals surface area (Å²) in [5.74, 6) is -0.943. The Kier molecular flexibility index (Phi) is 8.74. The predicted molar refractivity (Wildman–Crippen MR) is 128 cm³/mol. The molecular formula is C24H32FN2O8P. The first-order valence-electron chi connectivity index (χ1n) is 11.5. The molecular weight excluding hydrogens is 494 g/mol. The van der Waals surface area contributed by atoms with E-state index in [1.807, 2.05) is 0 Å². The summed E-state index contributed by atoms with van der Waals surface area (Å²) in [4.78, 5) is 25.7. The quantitative estimate of drug-likeness (QED) is 0.349. The summed E-state index contributed by atoms with van der Waals surface area (Å²) in [6.07, 6.45) is -1.98. The summed E-state index contributed by atoms with van der Waals surface area (Å²) in [5, 5.41) is 13.1. The number of amides is 1. The van der Waals surface area contributed by atoms with Crippen LogP contribution in [0.5, 0.6) is 5.75 Å². The van der Waals surface area contributed by atoms with Crippen molar-refractivity contribution in [3.63, 3.8) is 0 Å². The molecule has 1 aromatic carbocycles. The van der Waals surface area contributed by atoms with Crippen LogP contribution in [0.25, 0.3) is 0 Å². The third-order valence-corrected chi connectivity index (χ3v) is 7.19. The van der Waals surface area contributed by atoms with Gasteiger partial charge in [0.1, 0.15) is 24.0 Å². The molecule has 1 saturated heterocycles. The van der Waals surface area contributed by atoms with Crippen LogP contribution in [-0.2, 0) is 28.2 Å². The largest absolute Gasteiger partial charge is 0.462 e. The summed E-state index contributed by atoms with van der Waals surface area (Å²) in [6, 6.07) is 7.01. The molecule has 0 spiro atoms. The van der Waals surface area contributed by atoms with Crippen LogP contribution in [-0.4, -0.2) is 64.7 Å². The molecule has 2 N–H and O–H groups in total. The Morgan fingerprint density at radius 2 is 2.03 bits per heavy atom. The summed E-state index contributed by atoms with van der Waals surface area (Å²) in [7, 11) is -4.26. The number of nitrogens with one attached hydrogen (secondary N) is 1. The fraction of sp³-hybridized carbons (Fsp3) is 0.500. The van der Waals surface area contributed by atoms with Crippen molar-refractivity contribution in [3.05, 3.63) is 54.8 Å². The van der Waals surface area contributed by atoms with Gasteiger partial charge in [-0.1, -0.05) is 24.8 Å². The van der Waals surface area contributed by atoms with Gasteiger partial charge >= 0.3 is 13.7 Å². The average Bonchev–Trinajstić information content (AvgIpc) is 3.01. The van der Waals surface area contributed by atoms with E-state index in [1.165, 1.54) is 25.3 Å². The Morgan fingerprint density at radius 3 is 2.64 bits per heavy atom. The van der Waals surface area contributed by atoms with Gasteiger partial charge in [0.25, 0.3) is 0 Å². The van der Waals surface area contributed by atoms with Gasteiger partial charge in [-0.25, -0.2) is 8.96 Å². The number of halogens is 1. The van der Waals surface area contributed by atoms with E-state index < -0.39 is 62.5 Å². The van der Waals surface area contributed by atoms with Crippen LogP contribution >= 0.6 is 7.75 Å². The summed E-state index contributed by atoms with van der Waals surface area (Å²) in [5.41, 5.74) is -1.80. The first kappa shape index (κ1) is 28.0. The van der Waals surface area contributed by atoms with Gasteiger partial charge in [0.05, 0.1) is 19.1 Å². The second kappa shape index (κ2) is 11.2. The highest BCUT2D eigenvalue weighted by atomic mass is 31.2. The fourth-order valence-corrected chi connectivity index (χ4v) is 5.18. The van der Waals surface area contributed by atoms with Gasteiger partial charge in [0.15, 0.2) is 11.9 Å². The van der Waals surface area contributed by atoms with E-state index in [0.29, 0.717) is 5.57 Å². The number of benzene rings is 1. The van der Waals surface area contributed by atoms with Crippen molar-refractivity contribution in [1.82, 2.24) is 9.99 Å². The summed E-state index contributed by atoms with van der Waals surface area (Å²) < 4.78 is 51.0. The van der Waals surface area contributed by atoms with E-state index in [9.17, 15) is 19.3 Å². The molecule has 198 valence electrons. The third-order valence-electron chi connectivity index (χ3n) is 5.54. The normalized spacial score (nSPS) is 28.8. The minimum absolute atomic E-state index is 0.0158. The molecule has 3 rings (SSSR count). The Morgan fingerprint density at radius 1 is 1.36 bits per heavy atom. The number of hydrogen-bond donors (Lipinski definition) is 2. The summed E-state index contributed by atoms with van der Waals surface area (Å²) in [6.45, 7) is 9.01. The second-order valence-electron chi connectivity index (χ2n) is 9.11. The van der Waals surface area contributed by atoms with Crippen LogP contribution in [0.15, 0.2) is 54.8 Å². The third kappa shape index (κ3) is 6.60. The number of esters is 1. The standard InChI is InChI=1S/C24H32FN2O8P/c1-15(2)33-22(30)17(4)26-36(31,35-18-9-7-6-8-10-18)32-14-19-21(29)24(5,25)23(34-19)27-12-11-16(3)13-20(27)28/h6-12,15,17,19,21,23,29H,3,13-14H2,1-2,4-5H3,(H,26,31)/t17-,19-,21-,23-,24-,36+/m1/s1. The maximum atomic E-state index is 15.5. The molecule has 0 aromatic heterocycles. The van der Waals surface area contributed by atoms with E-state index in [-0.39, 0.29) is 12.2 Å². The number of carbonyl (C=O) groups is 2. The van der Waals surface area contributed by atoms with Gasteiger partial charge in [0, 0.05) is 6.20 Å². The Hall–Kier alpha value is -2.56. The lowest BCUT2D eigenvalue weighted by Gasteiger charge is -2.33. The Bertz CT molecular complexity index is 1050. The van der Waals surface area contributed by atoms with Crippen molar-refractivity contribution in [2.45, 2.75) is 70.4 Å². The van der Waals surface area contributed by atoms with E-state index >= 15 is 4.39 Å². The fourth-order valence-electron chi connectivity index (χ4n) is 3.68. The number of ether oxygens (including phenoxy) is 2. The zero-order valence-corrected chi connectivity index (χ0v) is 21.5. The van der Waals surface area contributed by atoms with Crippen LogP contribution < -0.4 is 9.61 Å². The van der Waals surface area contributed by atoms with E-state index in [2.05, 4.69) is 11.7 Å². The number of allylic oxidation sites excluding steroid dienone is 1. The van der Waals surface area contributed by atoms with Gasteiger partial charge in [-0.15, -0.1) is 0 Å². The van der Waals surface area contributed by atoms with E-state index in [4.69, 9.17) is 18.5 Å². The number of hydrogen-bond acceptors (Lipinski definition) is 8. The van der Waals surface area contributed by atoms with Crippen LogP contribution in [0.4, 0.5) is 4.39 Å². The molecule has 2 aliphatic rings. The minimum Gasteiger partial charge on any atom is -0.462 e. The molecule has 1 aromatic rings. The number of rotatable bonds is 10. The monoisotopic (exact) mass is 526 g/mol. The van der Waals surface area contributed by atoms with Gasteiger partial charge in [-0.3, -0.25) is 19.0 Å². The molecule has 2 heterocycles. The molecule has 1 fully saturated rings. The number of para-hydroxylation sites is 1. The Labute approximate surface area is 209 Å². The SMILES string of the molecule is C=C1C=CN([C@@H]2O[C@H](CO[P@@](=O)(N[C@H](C)C(=O)OC(C)C)Oc3ccccc3)[C@@H](O)[C@@]2(C)F)C(=O)C1. The lowest BCUT2D eigenvalue weighted by molar-refractivity contribution is -0.149. The van der Waals surface area contributed by atoms with Crippen LogP contribution in [0.2, 0.25) is 0 Å². The highest BCUT2D eigenvalue weighted by molar-refractivity contribution is 7.52. The zero-order valence-electron chi connectivity index (χ0n) is 20.6. The highest BCUT2D eigenvalue weighted by Crippen LogP contribution is 2.46. The van der Waals surface area contributed by atoms with Gasteiger partial charge < -0.3 is 19.1 Å². The first-order chi connectivity index (χ1) is 16.8. The van der Waals surface area contributed by atoms with Crippen molar-refractivity contribution < 1.29 is 42.2 Å². The predicted octanol–water partition coefficient (Wildman–Crippen LogP) is 3.24. The molecule has 10 nitrogen and oxygen atoms in total. The molecule has 2 aliphatic heterocycles.